The fourth-order valence-corrected chi connectivity index (χ4v) is 9.18. The number of benzene rings is 1. The highest BCUT2D eigenvalue weighted by Gasteiger charge is 2.25. The van der Waals surface area contributed by atoms with Crippen molar-refractivity contribution in [3.8, 4) is 0 Å². The summed E-state index contributed by atoms with van der Waals surface area (Å²) in [7, 11) is 0. The minimum atomic E-state index is -2.66. The van der Waals surface area contributed by atoms with Crippen molar-refractivity contribution >= 4 is 40.6 Å². The summed E-state index contributed by atoms with van der Waals surface area (Å²) in [5.74, 6) is -1.80. The molecule has 0 N–H and O–H groups in total. The van der Waals surface area contributed by atoms with Gasteiger partial charge in [-0.05, 0) is 42.0 Å². The van der Waals surface area contributed by atoms with Gasteiger partial charge in [0.2, 0.25) is 0 Å². The van der Waals surface area contributed by atoms with E-state index >= 15 is 0 Å². The summed E-state index contributed by atoms with van der Waals surface area (Å²) in [6.45, 7) is 2.07. The van der Waals surface area contributed by atoms with Gasteiger partial charge in [0.05, 0.1) is 0 Å². The van der Waals surface area contributed by atoms with Crippen LogP contribution in [0.15, 0.2) is 35.2 Å². The lowest BCUT2D eigenvalue weighted by Gasteiger charge is -2.14. The molecule has 0 aromatic heterocycles. The van der Waals surface area contributed by atoms with E-state index in [4.69, 9.17) is 3.97 Å². The third-order valence-corrected chi connectivity index (χ3v) is 10.0. The third-order valence-electron chi connectivity index (χ3n) is 1.58. The Balaban J connectivity index is 2.67. The van der Waals surface area contributed by atoms with Crippen LogP contribution in [0.3, 0.4) is 0 Å². The van der Waals surface area contributed by atoms with Gasteiger partial charge in [-0.25, -0.2) is 3.97 Å². The molecule has 90 valence electrons. The molecule has 16 heavy (non-hydrogen) atoms. The van der Waals surface area contributed by atoms with Gasteiger partial charge < -0.3 is 0 Å². The summed E-state index contributed by atoms with van der Waals surface area (Å²) in [5.41, 5.74) is 0. The van der Waals surface area contributed by atoms with E-state index in [-0.39, 0.29) is 0 Å². The average Bonchev–Trinajstić information content (AvgIpc) is 2.28. The maximum Gasteiger partial charge on any atom is 0.328 e. The van der Waals surface area contributed by atoms with Gasteiger partial charge in [0, 0.05) is 16.9 Å². The number of rotatable bonds is 7. The Morgan fingerprint density at radius 2 is 2.00 bits per heavy atom. The number of hydrogen-bond acceptors (Lipinski definition) is 5. The molecular formula is C10H15O2PS3. The van der Waals surface area contributed by atoms with Gasteiger partial charge in [-0.2, -0.15) is 0 Å². The highest BCUT2D eigenvalue weighted by Crippen LogP contribution is 2.73. The van der Waals surface area contributed by atoms with Crippen LogP contribution in [-0.2, 0) is 8.54 Å². The summed E-state index contributed by atoms with van der Waals surface area (Å²) < 4.78 is 17.8. The van der Waals surface area contributed by atoms with Crippen molar-refractivity contribution in [1.29, 1.82) is 0 Å². The lowest BCUT2D eigenvalue weighted by molar-refractivity contribution is 0.544. The molecule has 0 bridgehead atoms. The summed E-state index contributed by atoms with van der Waals surface area (Å²) in [5, 5.41) is 0. The second kappa shape index (κ2) is 7.72. The molecule has 0 aliphatic heterocycles. The molecule has 1 unspecified atom stereocenters. The Morgan fingerprint density at radius 3 is 2.56 bits per heavy atom. The van der Waals surface area contributed by atoms with Crippen molar-refractivity contribution in [2.45, 2.75) is 18.2 Å². The van der Waals surface area contributed by atoms with E-state index in [0.717, 1.165) is 17.1 Å². The Labute approximate surface area is 109 Å². The van der Waals surface area contributed by atoms with E-state index in [1.54, 1.807) is 6.26 Å². The van der Waals surface area contributed by atoms with Gasteiger partial charge in [0.1, 0.15) is 0 Å². The Morgan fingerprint density at radius 1 is 1.31 bits per heavy atom. The molecule has 1 atom stereocenters. The summed E-state index contributed by atoms with van der Waals surface area (Å²) in [6, 6.07) is 9.73. The fourth-order valence-electron chi connectivity index (χ4n) is 0.968. The zero-order valence-electron chi connectivity index (χ0n) is 9.29. The van der Waals surface area contributed by atoms with Crippen molar-refractivity contribution in [3.63, 3.8) is 0 Å². The lowest BCUT2D eigenvalue weighted by Crippen LogP contribution is -1.78. The smallest absolute Gasteiger partial charge is 0.267 e. The van der Waals surface area contributed by atoms with E-state index in [2.05, 4.69) is 6.92 Å². The van der Waals surface area contributed by atoms with Gasteiger partial charge in [-0.3, -0.25) is 4.57 Å². The molecule has 0 aliphatic rings. The molecule has 0 spiro atoms. The molecule has 0 aliphatic carbocycles. The molecule has 0 saturated carbocycles. The van der Waals surface area contributed by atoms with Crippen LogP contribution in [0.2, 0.25) is 0 Å². The first-order chi connectivity index (χ1) is 7.70. The van der Waals surface area contributed by atoms with Crippen LogP contribution in [0.1, 0.15) is 13.3 Å². The summed E-state index contributed by atoms with van der Waals surface area (Å²) in [4.78, 5) is 0.989. The molecule has 1 aromatic rings. The largest absolute Gasteiger partial charge is 0.328 e. The number of hydrogen-bond donors (Lipinski definition) is 0. The van der Waals surface area contributed by atoms with Gasteiger partial charge in [0.25, 0.3) is 0 Å². The third kappa shape index (κ3) is 5.19. The maximum atomic E-state index is 12.4. The van der Waals surface area contributed by atoms with Crippen molar-refractivity contribution in [2.24, 2.45) is 0 Å². The first kappa shape index (κ1) is 14.5. The van der Waals surface area contributed by atoms with Crippen molar-refractivity contribution in [3.05, 3.63) is 30.3 Å². The normalized spacial score (nSPS) is 14.6. The Bertz CT molecular complexity index is 345. The molecule has 2 nitrogen and oxygen atoms in total. The zero-order valence-corrected chi connectivity index (χ0v) is 12.6. The van der Waals surface area contributed by atoms with Crippen LogP contribution in [0, 0.1) is 0 Å². The van der Waals surface area contributed by atoms with Crippen LogP contribution < -0.4 is 0 Å². The van der Waals surface area contributed by atoms with Crippen LogP contribution in [-0.4, -0.2) is 12.0 Å². The molecule has 6 heteroatoms. The molecule has 1 rings (SSSR count). The average molecular weight is 294 g/mol. The first-order valence-corrected chi connectivity index (χ1v) is 10.7. The predicted octanol–water partition coefficient (Wildman–Crippen LogP) is 5.32. The SMILES string of the molecule is CCCSP(=O)(OSC)Sc1ccccc1. The first-order valence-electron chi connectivity index (χ1n) is 4.92. The topological polar surface area (TPSA) is 26.3 Å². The van der Waals surface area contributed by atoms with Gasteiger partial charge >= 0.3 is 5.77 Å². The maximum absolute atomic E-state index is 12.4. The molecule has 0 radical (unpaired) electrons. The standard InChI is InChI=1S/C10H15O2PS3/c1-3-9-15-13(11,12-14-2)16-10-7-5-4-6-8-10/h4-8H,3,9H2,1-2H3. The van der Waals surface area contributed by atoms with Crippen LogP contribution in [0.25, 0.3) is 0 Å². The van der Waals surface area contributed by atoms with E-state index in [1.807, 2.05) is 30.3 Å². The molecule has 0 amide bonds. The van der Waals surface area contributed by atoms with Gasteiger partial charge in [-0.15, -0.1) is 0 Å². The van der Waals surface area contributed by atoms with Gasteiger partial charge in [-0.1, -0.05) is 36.5 Å². The van der Waals surface area contributed by atoms with Crippen molar-refractivity contribution in [2.75, 3.05) is 12.0 Å². The van der Waals surface area contributed by atoms with Crippen LogP contribution in [0.5, 0.6) is 0 Å². The van der Waals surface area contributed by atoms with Gasteiger partial charge in [0.15, 0.2) is 0 Å². The quantitative estimate of drug-likeness (QED) is 0.500. The minimum Gasteiger partial charge on any atom is -0.267 e. The molecule has 0 heterocycles. The lowest BCUT2D eigenvalue weighted by atomic mass is 10.4. The summed E-state index contributed by atoms with van der Waals surface area (Å²) >= 11 is 3.92. The van der Waals surface area contributed by atoms with E-state index in [1.165, 1.54) is 34.8 Å². The minimum absolute atomic E-state index is 0.859. The highest BCUT2D eigenvalue weighted by molar-refractivity contribution is 8.89. The van der Waals surface area contributed by atoms with Crippen LogP contribution >= 0.6 is 40.6 Å². The molecule has 0 saturated heterocycles. The molecule has 1 aromatic carbocycles. The predicted molar refractivity (Wildman–Crippen MR) is 77.3 cm³/mol. The zero-order chi connectivity index (χ0) is 11.9. The van der Waals surface area contributed by atoms with E-state index in [9.17, 15) is 4.57 Å². The van der Waals surface area contributed by atoms with Crippen molar-refractivity contribution in [1.82, 2.24) is 0 Å². The second-order valence-corrected chi connectivity index (χ2v) is 11.0. The fraction of sp³-hybridized carbons (Fsp3) is 0.400. The second-order valence-electron chi connectivity index (χ2n) is 2.93. The Hall–Kier alpha value is 0.460. The molecular weight excluding hydrogens is 279 g/mol. The van der Waals surface area contributed by atoms with E-state index < -0.39 is 5.77 Å². The molecule has 0 fully saturated rings. The Kier molecular flexibility index (Phi) is 7.01. The highest BCUT2D eigenvalue weighted by atomic mass is 33.1. The summed E-state index contributed by atoms with van der Waals surface area (Å²) in [6.07, 6.45) is 2.80. The van der Waals surface area contributed by atoms with Crippen molar-refractivity contribution < 1.29 is 8.54 Å². The monoisotopic (exact) mass is 294 g/mol. The van der Waals surface area contributed by atoms with E-state index in [0.29, 0.717) is 0 Å². The van der Waals surface area contributed by atoms with Crippen LogP contribution in [0.4, 0.5) is 0 Å².